The van der Waals surface area contributed by atoms with Gasteiger partial charge in [0.05, 0.1) is 0 Å². The molecule has 0 heterocycles. The topological polar surface area (TPSA) is 0 Å². The van der Waals surface area contributed by atoms with Crippen molar-refractivity contribution in [1.82, 2.24) is 0 Å². The molecule has 0 bridgehead atoms. The average Bonchev–Trinajstić information content (AvgIpc) is 2.40. The van der Waals surface area contributed by atoms with E-state index in [9.17, 15) is 0 Å². The van der Waals surface area contributed by atoms with E-state index in [4.69, 9.17) is 0 Å². The van der Waals surface area contributed by atoms with Crippen molar-refractivity contribution in [2.45, 2.75) is 39.3 Å². The van der Waals surface area contributed by atoms with Gasteiger partial charge in [-0.3, -0.25) is 0 Å². The minimum absolute atomic E-state index is 0.108. The summed E-state index contributed by atoms with van der Waals surface area (Å²) in [6, 6.07) is 21.5. The summed E-state index contributed by atoms with van der Waals surface area (Å²) in [6.45, 7) is 13.6. The Morgan fingerprint density at radius 2 is 0.762 bits per heavy atom. The van der Waals surface area contributed by atoms with Crippen molar-refractivity contribution < 1.29 is 0 Å². The zero-order valence-electron chi connectivity index (χ0n) is 14.3. The van der Waals surface area contributed by atoms with E-state index in [2.05, 4.69) is 99.9 Å². The maximum atomic E-state index is 2.27. The number of hydrogen-bond donors (Lipinski definition) is 0. The molecule has 0 nitrogen and oxygen atoms in total. The van der Waals surface area contributed by atoms with Gasteiger partial charge < -0.3 is 0 Å². The number of benzene rings is 2. The molecule has 4 radical (unpaired) electrons. The van der Waals surface area contributed by atoms with E-state index in [0.29, 0.717) is 0 Å². The van der Waals surface area contributed by atoms with E-state index < -0.39 is 0 Å². The van der Waals surface area contributed by atoms with Crippen LogP contribution in [0.1, 0.15) is 0 Å². The molecule has 0 unspecified atom stereocenters. The Kier molecular flexibility index (Phi) is 12.7. The Bertz CT molecular complexity index is 392. The first-order valence-electron chi connectivity index (χ1n) is 7.32. The van der Waals surface area contributed by atoms with Gasteiger partial charge in [-0.15, -0.1) is 0 Å². The van der Waals surface area contributed by atoms with Crippen molar-refractivity contribution >= 4 is 41.8 Å². The van der Waals surface area contributed by atoms with E-state index in [-0.39, 0.29) is 33.0 Å². The van der Waals surface area contributed by atoms with Crippen LogP contribution in [0.2, 0.25) is 39.3 Å². The van der Waals surface area contributed by atoms with Crippen molar-refractivity contribution in [3.63, 3.8) is 0 Å². The van der Waals surface area contributed by atoms with Crippen molar-refractivity contribution in [2.24, 2.45) is 0 Å². The Morgan fingerprint density at radius 3 is 1.00 bits per heavy atom. The molecular weight excluding hydrogens is 345 g/mol. The van der Waals surface area contributed by atoms with Crippen LogP contribution in [0, 0.1) is 0 Å². The third-order valence-corrected chi connectivity index (χ3v) is 4.45. The predicted molar refractivity (Wildman–Crippen MR) is 105 cm³/mol. The second-order valence-electron chi connectivity index (χ2n) is 5.86. The molecule has 0 aliphatic rings. The molecule has 2 rings (SSSR count). The first-order valence-corrected chi connectivity index (χ1v) is 15.4. The van der Waals surface area contributed by atoms with Crippen molar-refractivity contribution in [3.05, 3.63) is 60.7 Å². The molecule has 0 atom stereocenters. The van der Waals surface area contributed by atoms with Crippen LogP contribution < -0.4 is 8.79 Å². The molecular formula is C18H28GeSi2. The maximum absolute atomic E-state index is 2.27. The van der Waals surface area contributed by atoms with Gasteiger partial charge in [0.15, 0.2) is 0 Å². The molecule has 0 saturated heterocycles. The van der Waals surface area contributed by atoms with E-state index in [1.54, 1.807) is 0 Å². The second kappa shape index (κ2) is 13.1. The number of rotatable bonds is 2. The molecule has 0 fully saturated rings. The summed E-state index contributed by atoms with van der Waals surface area (Å²) in [5.74, 6) is 0. The summed E-state index contributed by atoms with van der Waals surface area (Å²) < 4.78 is 2.99. The molecule has 0 amide bonds. The van der Waals surface area contributed by atoms with Crippen LogP contribution in [0.4, 0.5) is 0 Å². The first kappa shape index (κ1) is 20.4. The Balaban J connectivity index is 0.000000421. The normalized spacial score (nSPS) is 9.52. The van der Waals surface area contributed by atoms with Gasteiger partial charge in [0.1, 0.15) is 0 Å². The molecule has 0 aromatic heterocycles. The molecule has 3 heteroatoms. The number of hydrogen-bond acceptors (Lipinski definition) is 0. The third-order valence-electron chi connectivity index (χ3n) is 1.84. The molecule has 112 valence electrons. The molecule has 21 heavy (non-hydrogen) atoms. The Hall–Kier alpha value is -0.583. The van der Waals surface area contributed by atoms with E-state index >= 15 is 0 Å². The van der Waals surface area contributed by atoms with Gasteiger partial charge in [-0.05, 0) is 0 Å². The molecule has 2 aromatic rings. The van der Waals surface area contributed by atoms with Crippen LogP contribution in [0.3, 0.4) is 0 Å². The predicted octanol–water partition coefficient (Wildman–Crippen LogP) is 4.08. The van der Waals surface area contributed by atoms with Crippen molar-refractivity contribution in [2.75, 3.05) is 0 Å². The standard InChI is InChI=1S/C12H10Ge.2C3H9Si/c1-3-7-11(8-4-1)13-12-9-5-2-6-10-12;2*1-4(2)3/h1-10H;2*1-3H3. The fraction of sp³-hybridized carbons (Fsp3) is 0.333. The summed E-state index contributed by atoms with van der Waals surface area (Å²) >= 11 is -0.108. The summed E-state index contributed by atoms with van der Waals surface area (Å²) in [4.78, 5) is 0. The second-order valence-corrected chi connectivity index (χ2v) is 14.8. The van der Waals surface area contributed by atoms with Gasteiger partial charge in [-0.2, -0.15) is 0 Å². The fourth-order valence-corrected chi connectivity index (χ4v) is 3.42. The summed E-state index contributed by atoms with van der Waals surface area (Å²) in [7, 11) is 0.241. The zero-order chi connectivity index (χ0) is 16.1. The Labute approximate surface area is 141 Å². The van der Waals surface area contributed by atoms with Crippen LogP contribution in [-0.4, -0.2) is 33.0 Å². The molecule has 0 saturated carbocycles. The van der Waals surface area contributed by atoms with Crippen LogP contribution in [-0.2, 0) is 0 Å². The van der Waals surface area contributed by atoms with Gasteiger partial charge in [0.25, 0.3) is 0 Å². The van der Waals surface area contributed by atoms with Crippen molar-refractivity contribution in [1.29, 1.82) is 0 Å². The molecule has 0 spiro atoms. The fourth-order valence-electron chi connectivity index (χ4n) is 1.21. The average molecular weight is 373 g/mol. The van der Waals surface area contributed by atoms with Gasteiger partial charge in [0.2, 0.25) is 0 Å². The summed E-state index contributed by atoms with van der Waals surface area (Å²) in [6.07, 6.45) is 0. The van der Waals surface area contributed by atoms with Crippen LogP contribution in [0.5, 0.6) is 0 Å². The quantitative estimate of drug-likeness (QED) is 0.696. The van der Waals surface area contributed by atoms with Crippen LogP contribution in [0.15, 0.2) is 60.7 Å². The van der Waals surface area contributed by atoms with E-state index in [0.717, 1.165) is 0 Å². The first-order chi connectivity index (χ1) is 9.91. The molecule has 0 aliphatic heterocycles. The van der Waals surface area contributed by atoms with Gasteiger partial charge >= 0.3 is 84.9 Å². The van der Waals surface area contributed by atoms with Crippen molar-refractivity contribution in [3.8, 4) is 0 Å². The monoisotopic (exact) mass is 374 g/mol. The zero-order valence-corrected chi connectivity index (χ0v) is 18.4. The molecule has 2 aromatic carbocycles. The van der Waals surface area contributed by atoms with E-state index in [1.807, 2.05) is 0 Å². The summed E-state index contributed by atoms with van der Waals surface area (Å²) in [5.41, 5.74) is 0. The minimum atomic E-state index is -0.108. The van der Waals surface area contributed by atoms with Crippen LogP contribution >= 0.6 is 0 Å². The van der Waals surface area contributed by atoms with Gasteiger partial charge in [-0.25, -0.2) is 0 Å². The van der Waals surface area contributed by atoms with Crippen LogP contribution in [0.25, 0.3) is 0 Å². The summed E-state index contributed by atoms with van der Waals surface area (Å²) in [5, 5.41) is 0. The van der Waals surface area contributed by atoms with E-state index in [1.165, 1.54) is 8.79 Å². The molecule has 0 aliphatic carbocycles. The third kappa shape index (κ3) is 15.6. The SMILES string of the molecule is C[Si](C)C.C[Si](C)C.c1cc[c]([Ge][c]2ccccc2)cc1. The molecule has 0 N–H and O–H groups in total. The van der Waals surface area contributed by atoms with Gasteiger partial charge in [-0.1, -0.05) is 39.3 Å². The van der Waals surface area contributed by atoms with Gasteiger partial charge in [0, 0.05) is 17.6 Å². The Morgan fingerprint density at radius 1 is 0.524 bits per heavy atom.